The van der Waals surface area contributed by atoms with Crippen molar-refractivity contribution >= 4 is 21.7 Å². The highest BCUT2D eigenvalue weighted by atomic mass is 32.1. The third kappa shape index (κ3) is 5.43. The van der Waals surface area contributed by atoms with Gasteiger partial charge in [0.15, 0.2) is 11.1 Å². The maximum absolute atomic E-state index is 14.0. The Morgan fingerprint density at radius 3 is 2.37 bits per heavy atom. The van der Waals surface area contributed by atoms with Crippen LogP contribution in [0.2, 0.25) is 0 Å². The van der Waals surface area contributed by atoms with Crippen LogP contribution in [0.4, 0.5) is 4.39 Å². The van der Waals surface area contributed by atoms with Crippen LogP contribution in [0.1, 0.15) is 41.4 Å². The lowest BCUT2D eigenvalue weighted by Gasteiger charge is -2.25. The molecule has 1 aliphatic rings. The summed E-state index contributed by atoms with van der Waals surface area (Å²) in [5.41, 5.74) is 3.13. The predicted octanol–water partition coefficient (Wildman–Crippen LogP) is 4.12. The first-order valence-corrected chi connectivity index (χ1v) is 10.0. The molecule has 7 heteroatoms. The molecule has 0 amide bonds. The molecule has 0 aliphatic carbocycles. The van der Waals surface area contributed by atoms with Gasteiger partial charge in [0.1, 0.15) is 5.82 Å². The SMILES string of the molecule is Cc1cc(=O)cc(C)[nH]1.Cc1nc2nc(CN3CCCCC3)c(F)cc2s1. The highest BCUT2D eigenvalue weighted by Gasteiger charge is 2.15. The number of H-pyrrole nitrogens is 1. The van der Waals surface area contributed by atoms with Gasteiger partial charge in [0.05, 0.1) is 15.4 Å². The summed E-state index contributed by atoms with van der Waals surface area (Å²) >= 11 is 1.49. The average molecular weight is 389 g/mol. The van der Waals surface area contributed by atoms with Crippen LogP contribution >= 0.6 is 11.3 Å². The molecule has 1 fully saturated rings. The van der Waals surface area contributed by atoms with Gasteiger partial charge in [0, 0.05) is 30.1 Å². The number of hydrogen-bond donors (Lipinski definition) is 1. The summed E-state index contributed by atoms with van der Waals surface area (Å²) in [6.45, 7) is 8.38. The Kier molecular flexibility index (Phi) is 6.34. The lowest BCUT2D eigenvalue weighted by Crippen LogP contribution is -2.29. The third-order valence-electron chi connectivity index (χ3n) is 4.45. The highest BCUT2D eigenvalue weighted by Crippen LogP contribution is 2.23. The van der Waals surface area contributed by atoms with Crippen LogP contribution in [-0.2, 0) is 6.54 Å². The normalized spacial score (nSPS) is 14.8. The molecule has 0 saturated carbocycles. The molecule has 0 radical (unpaired) electrons. The number of nitrogens with zero attached hydrogens (tertiary/aromatic N) is 3. The number of hydrogen-bond acceptors (Lipinski definition) is 5. The van der Waals surface area contributed by atoms with Crippen LogP contribution in [0.5, 0.6) is 0 Å². The van der Waals surface area contributed by atoms with Gasteiger partial charge in [-0.2, -0.15) is 0 Å². The maximum atomic E-state index is 14.0. The number of halogens is 1. The van der Waals surface area contributed by atoms with Crippen molar-refractivity contribution in [1.29, 1.82) is 0 Å². The van der Waals surface area contributed by atoms with E-state index in [2.05, 4.69) is 19.9 Å². The second-order valence-electron chi connectivity index (χ2n) is 6.99. The quantitative estimate of drug-likeness (QED) is 0.717. The molecule has 0 unspecified atom stereocenters. The number of aryl methyl sites for hydroxylation is 3. The van der Waals surface area contributed by atoms with E-state index >= 15 is 0 Å². The number of aromatic amines is 1. The van der Waals surface area contributed by atoms with Crippen molar-refractivity contribution in [3.05, 3.63) is 56.3 Å². The van der Waals surface area contributed by atoms with E-state index in [0.29, 0.717) is 17.9 Å². The Balaban J connectivity index is 0.000000197. The smallest absolute Gasteiger partial charge is 0.182 e. The first-order valence-electron chi connectivity index (χ1n) is 9.23. The highest BCUT2D eigenvalue weighted by molar-refractivity contribution is 7.18. The van der Waals surface area contributed by atoms with Crippen molar-refractivity contribution in [2.75, 3.05) is 13.1 Å². The van der Waals surface area contributed by atoms with Gasteiger partial charge in [-0.25, -0.2) is 14.4 Å². The lowest BCUT2D eigenvalue weighted by atomic mass is 10.1. The zero-order valence-corrected chi connectivity index (χ0v) is 16.8. The lowest BCUT2D eigenvalue weighted by molar-refractivity contribution is 0.216. The van der Waals surface area contributed by atoms with Crippen LogP contribution < -0.4 is 5.43 Å². The first-order chi connectivity index (χ1) is 12.9. The van der Waals surface area contributed by atoms with E-state index in [4.69, 9.17) is 0 Å². The Morgan fingerprint density at radius 2 is 1.74 bits per heavy atom. The predicted molar refractivity (Wildman–Crippen MR) is 108 cm³/mol. The minimum atomic E-state index is -0.197. The van der Waals surface area contributed by atoms with Gasteiger partial charge in [0.2, 0.25) is 0 Å². The molecule has 1 aliphatic heterocycles. The van der Waals surface area contributed by atoms with Crippen molar-refractivity contribution in [1.82, 2.24) is 19.9 Å². The second-order valence-corrected chi connectivity index (χ2v) is 8.23. The zero-order chi connectivity index (χ0) is 19.4. The molecule has 0 atom stereocenters. The van der Waals surface area contributed by atoms with E-state index in [1.54, 1.807) is 18.2 Å². The van der Waals surface area contributed by atoms with Gasteiger partial charge >= 0.3 is 0 Å². The molecular weight excluding hydrogens is 363 g/mol. The van der Waals surface area contributed by atoms with Crippen LogP contribution in [0.3, 0.4) is 0 Å². The number of pyridine rings is 2. The van der Waals surface area contributed by atoms with Gasteiger partial charge in [-0.3, -0.25) is 9.69 Å². The van der Waals surface area contributed by atoms with Crippen molar-refractivity contribution in [2.24, 2.45) is 0 Å². The molecule has 0 spiro atoms. The summed E-state index contributed by atoms with van der Waals surface area (Å²) in [4.78, 5) is 24.7. The standard InChI is InChI=1S/C13H16FN3S.C7H9NO/c1-9-15-13-12(18-9)7-10(14)11(16-13)8-17-5-3-2-4-6-17;1-5-3-7(9)4-6(2)8-5/h7H,2-6,8H2,1H3;3-4H,1-2H3,(H,8,9). The van der Waals surface area contributed by atoms with Gasteiger partial charge in [0.25, 0.3) is 0 Å². The number of thiazole rings is 1. The average Bonchev–Trinajstić information content (AvgIpc) is 2.94. The number of rotatable bonds is 2. The molecule has 0 bridgehead atoms. The van der Waals surface area contributed by atoms with Crippen LogP contribution in [0.25, 0.3) is 10.3 Å². The van der Waals surface area contributed by atoms with E-state index in [-0.39, 0.29) is 11.2 Å². The summed E-state index contributed by atoms with van der Waals surface area (Å²) in [6.07, 6.45) is 3.70. The van der Waals surface area contributed by atoms with E-state index in [9.17, 15) is 9.18 Å². The van der Waals surface area contributed by atoms with Crippen LogP contribution in [-0.4, -0.2) is 32.9 Å². The van der Waals surface area contributed by atoms with E-state index in [1.807, 2.05) is 20.8 Å². The molecule has 1 saturated heterocycles. The third-order valence-corrected chi connectivity index (χ3v) is 5.36. The number of fused-ring (bicyclic) bond motifs is 1. The van der Waals surface area contributed by atoms with Gasteiger partial charge in [-0.05, 0) is 52.8 Å². The first kappa shape index (κ1) is 19.6. The number of aromatic nitrogens is 3. The second kappa shape index (κ2) is 8.71. The summed E-state index contributed by atoms with van der Waals surface area (Å²) in [6, 6.07) is 4.73. The fourth-order valence-corrected chi connectivity index (χ4v) is 4.07. The van der Waals surface area contributed by atoms with Gasteiger partial charge in [-0.1, -0.05) is 6.42 Å². The Hall–Kier alpha value is -2.12. The molecule has 4 heterocycles. The Morgan fingerprint density at radius 1 is 1.07 bits per heavy atom. The van der Waals surface area contributed by atoms with Crippen LogP contribution in [0, 0.1) is 26.6 Å². The molecule has 5 nitrogen and oxygen atoms in total. The summed E-state index contributed by atoms with van der Waals surface area (Å²) in [5, 5.41) is 0.937. The minimum absolute atomic E-state index is 0.0729. The number of nitrogens with one attached hydrogen (secondary N) is 1. The van der Waals surface area contributed by atoms with Crippen molar-refractivity contribution in [3.63, 3.8) is 0 Å². The molecule has 1 N–H and O–H groups in total. The topological polar surface area (TPSA) is 61.9 Å². The van der Waals surface area contributed by atoms with Gasteiger partial charge < -0.3 is 4.98 Å². The molecule has 27 heavy (non-hydrogen) atoms. The monoisotopic (exact) mass is 388 g/mol. The minimum Gasteiger partial charge on any atom is -0.362 e. The van der Waals surface area contributed by atoms with E-state index in [1.165, 1.54) is 30.6 Å². The molecule has 3 aromatic heterocycles. The van der Waals surface area contributed by atoms with Crippen molar-refractivity contribution in [2.45, 2.75) is 46.6 Å². The van der Waals surface area contributed by atoms with E-state index in [0.717, 1.165) is 34.2 Å². The largest absolute Gasteiger partial charge is 0.362 e. The summed E-state index contributed by atoms with van der Waals surface area (Å²) in [7, 11) is 0. The van der Waals surface area contributed by atoms with Crippen molar-refractivity contribution < 1.29 is 4.39 Å². The molecule has 144 valence electrons. The van der Waals surface area contributed by atoms with Crippen LogP contribution in [0.15, 0.2) is 23.0 Å². The molecule has 4 rings (SSSR count). The van der Waals surface area contributed by atoms with Crippen molar-refractivity contribution in [3.8, 4) is 0 Å². The zero-order valence-electron chi connectivity index (χ0n) is 16.0. The Labute approximate surface area is 162 Å². The molecular formula is C20H25FN4OS. The Bertz CT molecular complexity index is 953. The maximum Gasteiger partial charge on any atom is 0.182 e. The summed E-state index contributed by atoms with van der Waals surface area (Å²) in [5.74, 6) is -0.197. The fourth-order valence-electron chi connectivity index (χ4n) is 3.28. The van der Waals surface area contributed by atoms with Gasteiger partial charge in [-0.15, -0.1) is 11.3 Å². The summed E-state index contributed by atoms with van der Waals surface area (Å²) < 4.78 is 14.8. The fraction of sp³-hybridized carbons (Fsp3) is 0.450. The molecule has 0 aromatic carbocycles. The number of piperidine rings is 1. The molecule has 3 aromatic rings. The number of likely N-dealkylation sites (tertiary alicyclic amines) is 1. The van der Waals surface area contributed by atoms with E-state index < -0.39 is 0 Å².